The van der Waals surface area contributed by atoms with Crippen molar-refractivity contribution in [2.75, 3.05) is 0 Å². The van der Waals surface area contributed by atoms with Gasteiger partial charge in [-0.15, -0.1) is 0 Å². The Bertz CT molecular complexity index is 538. The van der Waals surface area contributed by atoms with Crippen LogP contribution in [-0.2, 0) is 13.0 Å². The van der Waals surface area contributed by atoms with Crippen LogP contribution in [0.3, 0.4) is 0 Å². The molecule has 1 N–H and O–H groups in total. The fourth-order valence-electron chi connectivity index (χ4n) is 1.83. The zero-order valence-electron chi connectivity index (χ0n) is 9.43. The molecule has 0 spiro atoms. The summed E-state index contributed by atoms with van der Waals surface area (Å²) in [6.45, 7) is 0.0557. The molecule has 2 aromatic carbocycles. The van der Waals surface area contributed by atoms with Gasteiger partial charge in [0, 0.05) is 0 Å². The van der Waals surface area contributed by atoms with E-state index >= 15 is 0 Å². The Balaban J connectivity index is 2.41. The average molecular weight is 223 g/mol. The topological polar surface area (TPSA) is 44.0 Å². The molecule has 0 unspecified atom stereocenters. The first-order valence-electron chi connectivity index (χ1n) is 5.50. The van der Waals surface area contributed by atoms with E-state index in [-0.39, 0.29) is 6.61 Å². The van der Waals surface area contributed by atoms with Gasteiger partial charge in [-0.05, 0) is 22.3 Å². The minimum Gasteiger partial charge on any atom is -0.392 e. The standard InChI is InChI=1S/C15H13NO/c16-10-9-13-3-1-2-4-15(13)14-7-5-12(11-17)6-8-14/h1-8,17H,9,11H2. The lowest BCUT2D eigenvalue weighted by molar-refractivity contribution is 0.282. The van der Waals surface area contributed by atoms with Crippen LogP contribution in [0.1, 0.15) is 11.1 Å². The second kappa shape index (κ2) is 5.29. The van der Waals surface area contributed by atoms with Gasteiger partial charge in [0.15, 0.2) is 0 Å². The Hall–Kier alpha value is -2.11. The van der Waals surface area contributed by atoms with E-state index in [1.54, 1.807) is 0 Å². The first-order chi connectivity index (χ1) is 8.35. The van der Waals surface area contributed by atoms with E-state index in [2.05, 4.69) is 6.07 Å². The highest BCUT2D eigenvalue weighted by atomic mass is 16.3. The van der Waals surface area contributed by atoms with E-state index in [4.69, 9.17) is 10.4 Å². The van der Waals surface area contributed by atoms with Gasteiger partial charge in [0.25, 0.3) is 0 Å². The second-order valence-corrected chi connectivity index (χ2v) is 3.85. The molecule has 0 saturated carbocycles. The largest absolute Gasteiger partial charge is 0.392 e. The second-order valence-electron chi connectivity index (χ2n) is 3.85. The maximum absolute atomic E-state index is 8.99. The number of hydrogen-bond donors (Lipinski definition) is 1. The average Bonchev–Trinajstić information content (AvgIpc) is 2.40. The predicted molar refractivity (Wildman–Crippen MR) is 67.1 cm³/mol. The lowest BCUT2D eigenvalue weighted by Crippen LogP contribution is -1.89. The molecule has 84 valence electrons. The summed E-state index contributed by atoms with van der Waals surface area (Å²) < 4.78 is 0. The lowest BCUT2D eigenvalue weighted by atomic mass is 9.97. The van der Waals surface area contributed by atoms with Crippen molar-refractivity contribution < 1.29 is 5.11 Å². The Morgan fingerprint density at radius 1 is 1.00 bits per heavy atom. The van der Waals surface area contributed by atoms with Crippen molar-refractivity contribution in [3.63, 3.8) is 0 Å². The molecule has 0 aliphatic carbocycles. The van der Waals surface area contributed by atoms with Gasteiger partial charge in [0.05, 0.1) is 19.1 Å². The summed E-state index contributed by atoms with van der Waals surface area (Å²) in [5, 5.41) is 17.8. The monoisotopic (exact) mass is 223 g/mol. The number of nitriles is 1. The first kappa shape index (κ1) is 11.4. The maximum atomic E-state index is 8.99. The molecule has 2 aromatic rings. The third kappa shape index (κ3) is 2.52. The van der Waals surface area contributed by atoms with E-state index in [1.807, 2.05) is 48.5 Å². The van der Waals surface area contributed by atoms with Crippen molar-refractivity contribution in [1.29, 1.82) is 5.26 Å². The molecule has 17 heavy (non-hydrogen) atoms. The summed E-state index contributed by atoms with van der Waals surface area (Å²) in [5.74, 6) is 0. The van der Waals surface area contributed by atoms with Gasteiger partial charge in [-0.25, -0.2) is 0 Å². The van der Waals surface area contributed by atoms with Crippen LogP contribution in [0.4, 0.5) is 0 Å². The molecule has 0 bridgehead atoms. The molecule has 0 radical (unpaired) electrons. The lowest BCUT2D eigenvalue weighted by Gasteiger charge is -2.07. The highest BCUT2D eigenvalue weighted by Gasteiger charge is 2.03. The molecule has 0 heterocycles. The molecule has 0 fully saturated rings. The van der Waals surface area contributed by atoms with Gasteiger partial charge in [-0.3, -0.25) is 0 Å². The van der Waals surface area contributed by atoms with E-state index < -0.39 is 0 Å². The van der Waals surface area contributed by atoms with E-state index in [9.17, 15) is 0 Å². The minimum absolute atomic E-state index is 0.0557. The van der Waals surface area contributed by atoms with Crippen molar-refractivity contribution in [2.45, 2.75) is 13.0 Å². The number of aliphatic hydroxyl groups excluding tert-OH is 1. The molecule has 0 aliphatic rings. The first-order valence-corrected chi connectivity index (χ1v) is 5.50. The molecular weight excluding hydrogens is 210 g/mol. The number of aliphatic hydroxyl groups is 1. The van der Waals surface area contributed by atoms with Crippen LogP contribution in [0.2, 0.25) is 0 Å². The fourth-order valence-corrected chi connectivity index (χ4v) is 1.83. The zero-order valence-corrected chi connectivity index (χ0v) is 9.43. The Kier molecular flexibility index (Phi) is 3.54. The number of hydrogen-bond acceptors (Lipinski definition) is 2. The van der Waals surface area contributed by atoms with Gasteiger partial charge in [0.1, 0.15) is 0 Å². The maximum Gasteiger partial charge on any atom is 0.0681 e. The quantitative estimate of drug-likeness (QED) is 0.869. The van der Waals surface area contributed by atoms with Crippen LogP contribution in [0.15, 0.2) is 48.5 Å². The van der Waals surface area contributed by atoms with Crippen molar-refractivity contribution in [2.24, 2.45) is 0 Å². The van der Waals surface area contributed by atoms with E-state index in [0.717, 1.165) is 22.3 Å². The highest BCUT2D eigenvalue weighted by molar-refractivity contribution is 5.67. The Morgan fingerprint density at radius 3 is 2.35 bits per heavy atom. The summed E-state index contributed by atoms with van der Waals surface area (Å²) in [5.41, 5.74) is 4.09. The van der Waals surface area contributed by atoms with E-state index in [0.29, 0.717) is 6.42 Å². The summed E-state index contributed by atoms with van der Waals surface area (Å²) in [6.07, 6.45) is 0.415. The zero-order chi connectivity index (χ0) is 12.1. The number of rotatable bonds is 3. The van der Waals surface area contributed by atoms with Gasteiger partial charge in [-0.1, -0.05) is 48.5 Å². The molecule has 0 aromatic heterocycles. The Morgan fingerprint density at radius 2 is 1.71 bits per heavy atom. The Labute approximate surface area is 101 Å². The third-order valence-electron chi connectivity index (χ3n) is 2.73. The minimum atomic E-state index is 0.0557. The van der Waals surface area contributed by atoms with Gasteiger partial charge >= 0.3 is 0 Å². The van der Waals surface area contributed by atoms with Gasteiger partial charge in [-0.2, -0.15) is 5.26 Å². The van der Waals surface area contributed by atoms with Gasteiger partial charge < -0.3 is 5.11 Å². The van der Waals surface area contributed by atoms with Crippen molar-refractivity contribution in [3.8, 4) is 17.2 Å². The number of nitrogens with zero attached hydrogens (tertiary/aromatic N) is 1. The molecule has 2 heteroatoms. The predicted octanol–water partition coefficient (Wildman–Crippen LogP) is 2.91. The van der Waals surface area contributed by atoms with Crippen LogP contribution in [0.5, 0.6) is 0 Å². The van der Waals surface area contributed by atoms with Crippen molar-refractivity contribution in [3.05, 3.63) is 59.7 Å². The SMILES string of the molecule is N#CCc1ccccc1-c1ccc(CO)cc1. The summed E-state index contributed by atoms with van der Waals surface area (Å²) >= 11 is 0. The van der Waals surface area contributed by atoms with Crippen LogP contribution in [0, 0.1) is 11.3 Å². The van der Waals surface area contributed by atoms with Gasteiger partial charge in [0.2, 0.25) is 0 Å². The summed E-state index contributed by atoms with van der Waals surface area (Å²) in [6, 6.07) is 17.8. The van der Waals surface area contributed by atoms with E-state index in [1.165, 1.54) is 0 Å². The molecule has 0 amide bonds. The molecule has 0 atom stereocenters. The van der Waals surface area contributed by atoms with Crippen LogP contribution < -0.4 is 0 Å². The van der Waals surface area contributed by atoms with Crippen LogP contribution >= 0.6 is 0 Å². The molecule has 0 saturated heterocycles. The normalized spacial score (nSPS) is 9.88. The fraction of sp³-hybridized carbons (Fsp3) is 0.133. The van der Waals surface area contributed by atoms with Crippen LogP contribution in [-0.4, -0.2) is 5.11 Å². The summed E-state index contributed by atoms with van der Waals surface area (Å²) in [4.78, 5) is 0. The molecular formula is C15H13NO. The molecule has 2 nitrogen and oxygen atoms in total. The smallest absolute Gasteiger partial charge is 0.0681 e. The molecule has 0 aliphatic heterocycles. The molecule has 2 rings (SSSR count). The number of benzene rings is 2. The summed E-state index contributed by atoms with van der Waals surface area (Å²) in [7, 11) is 0. The van der Waals surface area contributed by atoms with Crippen molar-refractivity contribution >= 4 is 0 Å². The highest BCUT2D eigenvalue weighted by Crippen LogP contribution is 2.24. The third-order valence-corrected chi connectivity index (χ3v) is 2.73. The van der Waals surface area contributed by atoms with Crippen LogP contribution in [0.25, 0.3) is 11.1 Å². The van der Waals surface area contributed by atoms with Crippen molar-refractivity contribution in [1.82, 2.24) is 0 Å².